The van der Waals surface area contributed by atoms with E-state index >= 15 is 0 Å². The van der Waals surface area contributed by atoms with Gasteiger partial charge >= 0.3 is 0 Å². The molecule has 2 aliphatic heterocycles. The van der Waals surface area contributed by atoms with Gasteiger partial charge in [0, 0.05) is 30.5 Å². The first-order valence-electron chi connectivity index (χ1n) is 11.3. The molecule has 2 aliphatic carbocycles. The van der Waals surface area contributed by atoms with Crippen LogP contribution in [0.2, 0.25) is 0 Å². The van der Waals surface area contributed by atoms with Gasteiger partial charge in [0.25, 0.3) is 0 Å². The van der Waals surface area contributed by atoms with Gasteiger partial charge in [0.1, 0.15) is 5.84 Å². The number of amidine groups is 1. The average molecular weight is 390 g/mol. The smallest absolute Gasteiger partial charge is 0.225 e. The number of allylic oxidation sites excluding steroid dienone is 1. The molecule has 4 nitrogen and oxygen atoms in total. The predicted octanol–water partition coefficient (Wildman–Crippen LogP) is 5.69. The van der Waals surface area contributed by atoms with Crippen molar-refractivity contribution in [2.75, 3.05) is 6.54 Å². The van der Waals surface area contributed by atoms with Crippen molar-refractivity contribution in [3.05, 3.63) is 40.6 Å². The number of benzene rings is 1. The van der Waals surface area contributed by atoms with Crippen LogP contribution in [0.25, 0.3) is 0 Å². The Balaban J connectivity index is 1.62. The van der Waals surface area contributed by atoms with Crippen LogP contribution < -0.4 is 0 Å². The van der Waals surface area contributed by atoms with Gasteiger partial charge in [-0.2, -0.15) is 0 Å². The minimum atomic E-state index is 0.0939. The van der Waals surface area contributed by atoms with E-state index in [0.717, 1.165) is 23.8 Å². The van der Waals surface area contributed by atoms with E-state index in [-0.39, 0.29) is 11.8 Å². The normalized spacial score (nSPS) is 24.0. The first kappa shape index (κ1) is 18.8. The molecule has 1 aromatic rings. The van der Waals surface area contributed by atoms with Gasteiger partial charge in [0.05, 0.1) is 11.6 Å². The van der Waals surface area contributed by atoms with Crippen molar-refractivity contribution in [2.24, 2.45) is 21.8 Å². The molecule has 1 unspecified atom stereocenters. The van der Waals surface area contributed by atoms with E-state index in [4.69, 9.17) is 9.98 Å². The highest BCUT2D eigenvalue weighted by Gasteiger charge is 2.43. The number of nitrogens with zero attached hydrogens (tertiary/aromatic N) is 3. The number of carbonyl (C=O) groups is 1. The van der Waals surface area contributed by atoms with Crippen molar-refractivity contribution >= 4 is 23.1 Å². The molecule has 0 spiro atoms. The second-order valence-corrected chi connectivity index (χ2v) is 9.37. The van der Waals surface area contributed by atoms with Crippen LogP contribution in [0.4, 0.5) is 5.69 Å². The highest BCUT2D eigenvalue weighted by Crippen LogP contribution is 2.48. The highest BCUT2D eigenvalue weighted by molar-refractivity contribution is 6.18. The maximum absolute atomic E-state index is 12.6. The molecule has 2 heterocycles. The monoisotopic (exact) mass is 389 g/mol. The van der Waals surface area contributed by atoms with Gasteiger partial charge in [-0.1, -0.05) is 37.0 Å². The van der Waals surface area contributed by atoms with E-state index in [1.807, 2.05) is 4.90 Å². The van der Waals surface area contributed by atoms with Crippen LogP contribution in [-0.4, -0.2) is 28.9 Å². The van der Waals surface area contributed by atoms with Crippen LogP contribution in [0.5, 0.6) is 0 Å². The van der Waals surface area contributed by atoms with Crippen molar-refractivity contribution in [1.29, 1.82) is 0 Å². The van der Waals surface area contributed by atoms with Gasteiger partial charge < -0.3 is 0 Å². The summed E-state index contributed by atoms with van der Waals surface area (Å²) in [5, 5.41) is 0. The molecule has 1 amide bonds. The van der Waals surface area contributed by atoms with Crippen LogP contribution in [0, 0.1) is 18.8 Å². The lowest BCUT2D eigenvalue weighted by atomic mass is 9.75. The molecular weight excluding hydrogens is 358 g/mol. The molecular formula is C25H31N3O. The number of amides is 1. The van der Waals surface area contributed by atoms with E-state index in [1.54, 1.807) is 6.92 Å². The standard InChI is InChI=1S/C25H31N3O/c1-15-9-12-21-20(13-15)23-22(16(2)26-24(23)19-7-5-4-6-8-19)25(27-21)28(17(3)29)14-18-10-11-18/h9,12-13,18-19,23H,4-8,10-11,14H2,1-3H3. The molecule has 5 rings (SSSR count). The Morgan fingerprint density at radius 2 is 1.83 bits per heavy atom. The Bertz CT molecular complexity index is 945. The molecule has 29 heavy (non-hydrogen) atoms. The lowest BCUT2D eigenvalue weighted by Gasteiger charge is -2.34. The Hall–Kier alpha value is -2.23. The van der Waals surface area contributed by atoms with Crippen LogP contribution in [-0.2, 0) is 4.79 Å². The molecule has 0 radical (unpaired) electrons. The van der Waals surface area contributed by atoms with Crippen LogP contribution >= 0.6 is 0 Å². The fourth-order valence-electron chi connectivity index (χ4n) is 5.32. The fraction of sp³-hybridized carbons (Fsp3) is 0.560. The van der Waals surface area contributed by atoms with Crippen LogP contribution in [0.15, 0.2) is 39.5 Å². The summed E-state index contributed by atoms with van der Waals surface area (Å²) in [5.74, 6) is 2.30. The molecule has 1 atom stereocenters. The second-order valence-electron chi connectivity index (χ2n) is 9.37. The molecule has 4 heteroatoms. The van der Waals surface area contributed by atoms with Crippen molar-refractivity contribution in [3.8, 4) is 0 Å². The quantitative estimate of drug-likeness (QED) is 0.655. The number of aryl methyl sites for hydroxylation is 1. The molecule has 2 saturated carbocycles. The SMILES string of the molecule is CC(=O)N(CC1CC1)C1=Nc2ccc(C)cc2C2C(C3CCCCC3)=NC(C)=C12. The zero-order valence-corrected chi connectivity index (χ0v) is 17.9. The number of rotatable bonds is 3. The lowest BCUT2D eigenvalue weighted by molar-refractivity contribution is -0.125. The third kappa shape index (κ3) is 3.37. The Kier molecular flexibility index (Phi) is 4.68. The number of fused-ring (bicyclic) bond motifs is 3. The molecule has 4 aliphatic rings. The fourth-order valence-corrected chi connectivity index (χ4v) is 5.32. The third-order valence-corrected chi connectivity index (χ3v) is 7.03. The van der Waals surface area contributed by atoms with E-state index in [2.05, 4.69) is 32.0 Å². The predicted molar refractivity (Wildman–Crippen MR) is 118 cm³/mol. The van der Waals surface area contributed by atoms with E-state index in [9.17, 15) is 4.79 Å². The highest BCUT2D eigenvalue weighted by atomic mass is 16.2. The van der Waals surface area contributed by atoms with E-state index in [0.29, 0.717) is 11.8 Å². The van der Waals surface area contributed by atoms with Crippen LogP contribution in [0.1, 0.15) is 75.8 Å². The van der Waals surface area contributed by atoms with Crippen molar-refractivity contribution in [2.45, 2.75) is 71.6 Å². The molecule has 0 N–H and O–H groups in total. The third-order valence-electron chi connectivity index (χ3n) is 7.03. The van der Waals surface area contributed by atoms with Crippen molar-refractivity contribution in [3.63, 3.8) is 0 Å². The molecule has 0 aromatic heterocycles. The zero-order valence-electron chi connectivity index (χ0n) is 17.9. The van der Waals surface area contributed by atoms with Gasteiger partial charge in [-0.15, -0.1) is 0 Å². The topological polar surface area (TPSA) is 45.0 Å². The summed E-state index contributed by atoms with van der Waals surface area (Å²) in [6.07, 6.45) is 8.86. The van der Waals surface area contributed by atoms with Gasteiger partial charge in [-0.3, -0.25) is 14.7 Å². The Labute approximate surface area is 173 Å². The summed E-state index contributed by atoms with van der Waals surface area (Å²) in [5.41, 5.74) is 7.12. The second kappa shape index (κ2) is 7.23. The number of hydrogen-bond acceptors (Lipinski definition) is 3. The summed E-state index contributed by atoms with van der Waals surface area (Å²) in [6.45, 7) is 6.73. The maximum Gasteiger partial charge on any atom is 0.225 e. The minimum absolute atomic E-state index is 0.0939. The molecule has 152 valence electrons. The maximum atomic E-state index is 12.6. The zero-order chi connectivity index (χ0) is 20.1. The van der Waals surface area contributed by atoms with E-state index < -0.39 is 0 Å². The van der Waals surface area contributed by atoms with Gasteiger partial charge in [0.15, 0.2) is 0 Å². The summed E-state index contributed by atoms with van der Waals surface area (Å²) in [4.78, 5) is 24.8. The largest absolute Gasteiger partial charge is 0.296 e. The van der Waals surface area contributed by atoms with Crippen molar-refractivity contribution in [1.82, 2.24) is 4.90 Å². The summed E-state index contributed by atoms with van der Waals surface area (Å²) in [7, 11) is 0. The molecule has 0 saturated heterocycles. The Morgan fingerprint density at radius 1 is 1.07 bits per heavy atom. The van der Waals surface area contributed by atoms with Gasteiger partial charge in [-0.25, -0.2) is 4.99 Å². The van der Waals surface area contributed by atoms with E-state index in [1.165, 1.54) is 67.4 Å². The lowest BCUT2D eigenvalue weighted by Crippen LogP contribution is -2.41. The minimum Gasteiger partial charge on any atom is -0.296 e. The summed E-state index contributed by atoms with van der Waals surface area (Å²) in [6, 6.07) is 6.55. The number of hydrogen-bond donors (Lipinski definition) is 0. The van der Waals surface area contributed by atoms with Gasteiger partial charge in [-0.05, 0) is 63.0 Å². The summed E-state index contributed by atoms with van der Waals surface area (Å²) >= 11 is 0. The molecule has 1 aromatic carbocycles. The number of carbonyl (C=O) groups excluding carboxylic acids is 1. The number of aliphatic imine (C=N–C) groups is 2. The molecule has 2 fully saturated rings. The first-order chi connectivity index (χ1) is 14.0. The molecule has 0 bridgehead atoms. The Morgan fingerprint density at radius 3 is 2.52 bits per heavy atom. The van der Waals surface area contributed by atoms with Gasteiger partial charge in [0.2, 0.25) is 5.91 Å². The average Bonchev–Trinajstić information content (AvgIpc) is 3.47. The van der Waals surface area contributed by atoms with Crippen molar-refractivity contribution < 1.29 is 4.79 Å². The summed E-state index contributed by atoms with van der Waals surface area (Å²) < 4.78 is 0. The van der Waals surface area contributed by atoms with Crippen LogP contribution in [0.3, 0.4) is 0 Å². The first-order valence-corrected chi connectivity index (χ1v) is 11.3.